The van der Waals surface area contributed by atoms with Crippen molar-refractivity contribution >= 4 is 22.6 Å². The van der Waals surface area contributed by atoms with Crippen molar-refractivity contribution in [3.63, 3.8) is 0 Å². The van der Waals surface area contributed by atoms with Gasteiger partial charge in [0, 0.05) is 12.6 Å². The number of imidazole rings is 1. The summed E-state index contributed by atoms with van der Waals surface area (Å²) in [6.45, 7) is 7.09. The van der Waals surface area contributed by atoms with Gasteiger partial charge in [0.25, 0.3) is 0 Å². The third kappa shape index (κ3) is 3.25. The van der Waals surface area contributed by atoms with Crippen molar-refractivity contribution in [3.05, 3.63) is 29.8 Å². The quantitative estimate of drug-likeness (QED) is 0.779. The van der Waals surface area contributed by atoms with Crippen molar-refractivity contribution in [1.29, 1.82) is 0 Å². The van der Waals surface area contributed by atoms with Crippen molar-refractivity contribution in [3.8, 4) is 0 Å². The first-order valence-corrected chi connectivity index (χ1v) is 6.84. The monoisotopic (exact) mass is 284 g/mol. The number of hydrogen-bond acceptors (Lipinski definition) is 2. The van der Waals surface area contributed by atoms with Gasteiger partial charge in [0.1, 0.15) is 11.6 Å². The molecule has 0 aliphatic rings. The van der Waals surface area contributed by atoms with Crippen LogP contribution >= 0.6 is 11.6 Å². The maximum absolute atomic E-state index is 13.2. The Kier molecular flexibility index (Phi) is 4.42. The molecule has 0 saturated heterocycles. The molecule has 5 heteroatoms. The summed E-state index contributed by atoms with van der Waals surface area (Å²) in [4.78, 5) is 4.41. The second-order valence-corrected chi connectivity index (χ2v) is 5.44. The molecule has 0 spiro atoms. The zero-order valence-corrected chi connectivity index (χ0v) is 12.1. The first kappa shape index (κ1) is 14.3. The summed E-state index contributed by atoms with van der Waals surface area (Å²) in [6.07, 6.45) is 0.184. The van der Waals surface area contributed by atoms with Crippen molar-refractivity contribution in [2.75, 3.05) is 6.61 Å². The van der Waals surface area contributed by atoms with Gasteiger partial charge in [-0.1, -0.05) is 0 Å². The molecule has 0 saturated carbocycles. The van der Waals surface area contributed by atoms with Crippen LogP contribution < -0.4 is 0 Å². The molecule has 1 atom stereocenters. The lowest BCUT2D eigenvalue weighted by Gasteiger charge is -2.12. The minimum Gasteiger partial charge on any atom is -0.377 e. The van der Waals surface area contributed by atoms with Gasteiger partial charge in [-0.3, -0.25) is 0 Å². The van der Waals surface area contributed by atoms with Crippen LogP contribution in [-0.4, -0.2) is 22.3 Å². The van der Waals surface area contributed by atoms with Crippen LogP contribution in [0.3, 0.4) is 0 Å². The highest BCUT2D eigenvalue weighted by molar-refractivity contribution is 6.20. The van der Waals surface area contributed by atoms with E-state index in [2.05, 4.69) is 4.98 Å². The molecule has 0 aliphatic heterocycles. The normalized spacial score (nSPS) is 13.4. The summed E-state index contributed by atoms with van der Waals surface area (Å²) in [7, 11) is 0. The predicted molar refractivity (Wildman–Crippen MR) is 75.0 cm³/mol. The average molecular weight is 285 g/mol. The SMILES string of the molecule is CC(C)OCCn1c(C(C)Cl)nc2cc(F)ccc21. The van der Waals surface area contributed by atoms with E-state index >= 15 is 0 Å². The van der Waals surface area contributed by atoms with Crippen LogP contribution in [0.25, 0.3) is 11.0 Å². The van der Waals surface area contributed by atoms with Crippen LogP contribution in [0.15, 0.2) is 18.2 Å². The van der Waals surface area contributed by atoms with Crippen LogP contribution in [0.5, 0.6) is 0 Å². The number of alkyl halides is 1. The van der Waals surface area contributed by atoms with Gasteiger partial charge in [0.15, 0.2) is 0 Å². The molecule has 3 nitrogen and oxygen atoms in total. The second-order valence-electron chi connectivity index (χ2n) is 4.79. The third-order valence-electron chi connectivity index (χ3n) is 2.86. The van der Waals surface area contributed by atoms with E-state index in [1.165, 1.54) is 12.1 Å². The molecule has 0 N–H and O–H groups in total. The Morgan fingerprint density at radius 2 is 2.11 bits per heavy atom. The molecule has 104 valence electrons. The summed E-state index contributed by atoms with van der Waals surface area (Å²) >= 11 is 6.14. The molecular formula is C14H18ClFN2O. The summed E-state index contributed by atoms with van der Waals surface area (Å²) < 4.78 is 20.8. The predicted octanol–water partition coefficient (Wildman–Crippen LogP) is 3.90. The van der Waals surface area contributed by atoms with Gasteiger partial charge in [0.2, 0.25) is 0 Å². The molecule has 0 aliphatic carbocycles. The highest BCUT2D eigenvalue weighted by Gasteiger charge is 2.15. The molecular weight excluding hydrogens is 267 g/mol. The van der Waals surface area contributed by atoms with E-state index in [9.17, 15) is 4.39 Å². The lowest BCUT2D eigenvalue weighted by molar-refractivity contribution is 0.0729. The van der Waals surface area contributed by atoms with Gasteiger partial charge in [0.05, 0.1) is 29.1 Å². The number of hydrogen-bond donors (Lipinski definition) is 0. The van der Waals surface area contributed by atoms with Gasteiger partial charge in [-0.05, 0) is 32.9 Å². The first-order valence-electron chi connectivity index (χ1n) is 6.40. The number of benzene rings is 1. The van der Waals surface area contributed by atoms with E-state index in [4.69, 9.17) is 16.3 Å². The Bertz CT molecular complexity index is 566. The van der Waals surface area contributed by atoms with Crippen molar-refractivity contribution in [1.82, 2.24) is 9.55 Å². The maximum Gasteiger partial charge on any atom is 0.127 e. The Morgan fingerprint density at radius 1 is 1.37 bits per heavy atom. The molecule has 1 aromatic carbocycles. The fourth-order valence-electron chi connectivity index (χ4n) is 2.04. The van der Waals surface area contributed by atoms with Crippen LogP contribution in [0.2, 0.25) is 0 Å². The number of rotatable bonds is 5. The van der Waals surface area contributed by atoms with Gasteiger partial charge in [-0.15, -0.1) is 11.6 Å². The molecule has 1 heterocycles. The molecule has 0 fully saturated rings. The molecule has 1 unspecified atom stereocenters. The van der Waals surface area contributed by atoms with Gasteiger partial charge in [-0.2, -0.15) is 0 Å². The molecule has 0 amide bonds. The van der Waals surface area contributed by atoms with Gasteiger partial charge >= 0.3 is 0 Å². The van der Waals surface area contributed by atoms with E-state index < -0.39 is 0 Å². The fourth-order valence-corrected chi connectivity index (χ4v) is 2.21. The molecule has 1 aromatic heterocycles. The lowest BCUT2D eigenvalue weighted by atomic mass is 10.3. The van der Waals surface area contributed by atoms with E-state index in [0.29, 0.717) is 18.7 Å². The Balaban J connectivity index is 2.35. The van der Waals surface area contributed by atoms with E-state index in [0.717, 1.165) is 11.3 Å². The number of nitrogens with zero attached hydrogens (tertiary/aromatic N) is 2. The smallest absolute Gasteiger partial charge is 0.127 e. The summed E-state index contributed by atoms with van der Waals surface area (Å²) in [5, 5.41) is -0.227. The third-order valence-corrected chi connectivity index (χ3v) is 3.06. The molecule has 0 bridgehead atoms. The maximum atomic E-state index is 13.2. The standard InChI is InChI=1S/C14H18ClFN2O/c1-9(2)19-7-6-18-13-5-4-11(16)8-12(13)17-14(18)10(3)15/h4-5,8-10H,6-7H2,1-3H3. The lowest BCUT2D eigenvalue weighted by Crippen LogP contribution is -2.13. The summed E-state index contributed by atoms with van der Waals surface area (Å²) in [6, 6.07) is 4.60. The van der Waals surface area contributed by atoms with E-state index in [1.54, 1.807) is 6.07 Å². The number of halogens is 2. The summed E-state index contributed by atoms with van der Waals surface area (Å²) in [5.74, 6) is 0.457. The summed E-state index contributed by atoms with van der Waals surface area (Å²) in [5.41, 5.74) is 1.52. The van der Waals surface area contributed by atoms with E-state index in [1.807, 2.05) is 25.3 Å². The Labute approximate surface area is 117 Å². The molecule has 0 radical (unpaired) electrons. The van der Waals surface area contributed by atoms with Crippen LogP contribution in [0.4, 0.5) is 4.39 Å². The topological polar surface area (TPSA) is 27.1 Å². The highest BCUT2D eigenvalue weighted by Crippen LogP contribution is 2.25. The van der Waals surface area contributed by atoms with Crippen LogP contribution in [0.1, 0.15) is 32.0 Å². The van der Waals surface area contributed by atoms with Crippen LogP contribution in [-0.2, 0) is 11.3 Å². The highest BCUT2D eigenvalue weighted by atomic mass is 35.5. The fraction of sp³-hybridized carbons (Fsp3) is 0.500. The average Bonchev–Trinajstić information content (AvgIpc) is 2.67. The Morgan fingerprint density at radius 3 is 2.74 bits per heavy atom. The minimum absolute atomic E-state index is 0.184. The van der Waals surface area contributed by atoms with Gasteiger partial charge < -0.3 is 9.30 Å². The molecule has 2 rings (SSSR count). The van der Waals surface area contributed by atoms with Crippen molar-refractivity contribution in [2.45, 2.75) is 38.8 Å². The first-order chi connectivity index (χ1) is 8.99. The largest absolute Gasteiger partial charge is 0.377 e. The van der Waals surface area contributed by atoms with Crippen molar-refractivity contribution < 1.29 is 9.13 Å². The zero-order valence-electron chi connectivity index (χ0n) is 11.4. The second kappa shape index (κ2) is 5.88. The number of aromatic nitrogens is 2. The van der Waals surface area contributed by atoms with E-state index in [-0.39, 0.29) is 17.3 Å². The van der Waals surface area contributed by atoms with Crippen molar-refractivity contribution in [2.24, 2.45) is 0 Å². The number of ether oxygens (including phenoxy) is 1. The van der Waals surface area contributed by atoms with Gasteiger partial charge in [-0.25, -0.2) is 9.37 Å². The molecule has 19 heavy (non-hydrogen) atoms. The minimum atomic E-state index is -0.288. The Hall–Kier alpha value is -1.13. The van der Waals surface area contributed by atoms with Crippen LogP contribution in [0, 0.1) is 5.82 Å². The number of fused-ring (bicyclic) bond motifs is 1. The molecule has 2 aromatic rings. The zero-order chi connectivity index (χ0) is 14.0.